The van der Waals surface area contributed by atoms with Crippen LogP contribution in [0.25, 0.3) is 10.1 Å². The Hall–Kier alpha value is -1.23. The third-order valence-corrected chi connectivity index (χ3v) is 4.97. The molecule has 1 N–H and O–H groups in total. The number of thiophene rings is 1. The van der Waals surface area contributed by atoms with Crippen LogP contribution in [0.2, 0.25) is 0 Å². The van der Waals surface area contributed by atoms with Crippen LogP contribution in [0.5, 0.6) is 0 Å². The van der Waals surface area contributed by atoms with E-state index < -0.39 is 6.10 Å². The molecule has 1 atom stereocenters. The topological polar surface area (TPSA) is 33.1 Å². The van der Waals surface area contributed by atoms with E-state index in [1.165, 1.54) is 15.6 Å². The molecule has 92 valence electrons. The van der Waals surface area contributed by atoms with Crippen molar-refractivity contribution in [2.75, 3.05) is 0 Å². The van der Waals surface area contributed by atoms with Gasteiger partial charge in [0, 0.05) is 17.3 Å². The number of aryl methyl sites for hydroxylation is 1. The van der Waals surface area contributed by atoms with Gasteiger partial charge in [0.05, 0.1) is 16.0 Å². The maximum Gasteiger partial charge on any atom is 0.0938 e. The lowest BCUT2D eigenvalue weighted by atomic mass is 10.1. The van der Waals surface area contributed by atoms with E-state index in [-0.39, 0.29) is 0 Å². The molecule has 0 aliphatic carbocycles. The molecule has 0 amide bonds. The molecule has 1 aromatic carbocycles. The van der Waals surface area contributed by atoms with Crippen molar-refractivity contribution in [1.29, 1.82) is 0 Å². The highest BCUT2D eigenvalue weighted by Crippen LogP contribution is 2.30. The smallest absolute Gasteiger partial charge is 0.0938 e. The van der Waals surface area contributed by atoms with Crippen molar-refractivity contribution in [2.24, 2.45) is 0 Å². The van der Waals surface area contributed by atoms with Gasteiger partial charge in [0.25, 0.3) is 0 Å². The van der Waals surface area contributed by atoms with Gasteiger partial charge < -0.3 is 5.11 Å². The van der Waals surface area contributed by atoms with E-state index in [0.29, 0.717) is 6.42 Å². The summed E-state index contributed by atoms with van der Waals surface area (Å²) in [5.74, 6) is 0. The summed E-state index contributed by atoms with van der Waals surface area (Å²) >= 11 is 3.30. The molecule has 0 fully saturated rings. The predicted octanol–water partition coefficient (Wildman–Crippen LogP) is 3.94. The normalized spacial score (nSPS) is 13.0. The van der Waals surface area contributed by atoms with Gasteiger partial charge in [-0.3, -0.25) is 0 Å². The number of benzene rings is 1. The second-order valence-corrected chi connectivity index (χ2v) is 6.44. The van der Waals surface area contributed by atoms with Crippen LogP contribution < -0.4 is 0 Å². The molecule has 0 spiro atoms. The number of hydrogen-bond acceptors (Lipinski definition) is 4. The number of hydrogen-bond donors (Lipinski definition) is 1. The van der Waals surface area contributed by atoms with Crippen LogP contribution in [0, 0.1) is 6.92 Å². The van der Waals surface area contributed by atoms with Gasteiger partial charge in [-0.1, -0.05) is 18.2 Å². The minimum absolute atomic E-state index is 0.450. The lowest BCUT2D eigenvalue weighted by Crippen LogP contribution is -1.98. The Morgan fingerprint density at radius 1 is 1.33 bits per heavy atom. The second-order valence-electron chi connectivity index (χ2n) is 4.26. The number of aliphatic hydroxyl groups is 1. The average molecular weight is 275 g/mol. The summed E-state index contributed by atoms with van der Waals surface area (Å²) in [4.78, 5) is 5.14. The highest BCUT2D eigenvalue weighted by Gasteiger charge is 2.14. The minimum Gasteiger partial charge on any atom is -0.387 e. The van der Waals surface area contributed by atoms with Crippen LogP contribution in [0.1, 0.15) is 21.6 Å². The van der Waals surface area contributed by atoms with Crippen molar-refractivity contribution < 1.29 is 5.11 Å². The highest BCUT2D eigenvalue weighted by atomic mass is 32.1. The molecular formula is C14H13NOS2. The quantitative estimate of drug-likeness (QED) is 0.785. The molecule has 2 heterocycles. The zero-order valence-corrected chi connectivity index (χ0v) is 11.6. The molecule has 0 saturated heterocycles. The summed E-state index contributed by atoms with van der Waals surface area (Å²) in [6, 6.07) is 8.33. The van der Waals surface area contributed by atoms with Gasteiger partial charge in [-0.2, -0.15) is 0 Å². The first-order valence-electron chi connectivity index (χ1n) is 5.79. The number of fused-ring (bicyclic) bond motifs is 1. The fourth-order valence-electron chi connectivity index (χ4n) is 2.03. The Morgan fingerprint density at radius 2 is 2.17 bits per heavy atom. The second kappa shape index (κ2) is 4.80. The number of aliphatic hydroxyl groups excluding tert-OH is 1. The zero-order valence-electron chi connectivity index (χ0n) is 9.96. The molecule has 1 unspecified atom stereocenters. The first-order valence-corrected chi connectivity index (χ1v) is 7.49. The van der Waals surface area contributed by atoms with Crippen molar-refractivity contribution in [3.8, 4) is 0 Å². The van der Waals surface area contributed by atoms with E-state index in [1.807, 2.05) is 19.1 Å². The molecule has 0 aliphatic rings. The summed E-state index contributed by atoms with van der Waals surface area (Å²) < 4.78 is 1.28. The standard InChI is InChI=1S/C14H13NOS2/c1-9-15-7-14(18-9)12(16)6-10-8-17-13-5-3-2-4-11(10)13/h2-5,7-8,12,16H,6H2,1H3. The van der Waals surface area contributed by atoms with Crippen LogP contribution in [0.4, 0.5) is 0 Å². The summed E-state index contributed by atoms with van der Waals surface area (Å²) in [6.07, 6.45) is 1.99. The first kappa shape index (κ1) is 11.8. The third-order valence-electron chi connectivity index (χ3n) is 2.94. The van der Waals surface area contributed by atoms with Gasteiger partial charge in [-0.05, 0) is 29.3 Å². The number of nitrogens with zero attached hydrogens (tertiary/aromatic N) is 1. The van der Waals surface area contributed by atoms with Crippen LogP contribution in [0.15, 0.2) is 35.8 Å². The summed E-state index contributed by atoms with van der Waals surface area (Å²) in [7, 11) is 0. The van der Waals surface area contributed by atoms with E-state index in [9.17, 15) is 5.11 Å². The molecular weight excluding hydrogens is 262 g/mol. The monoisotopic (exact) mass is 275 g/mol. The van der Waals surface area contributed by atoms with Crippen molar-refractivity contribution in [2.45, 2.75) is 19.4 Å². The molecule has 3 aromatic rings. The molecule has 2 aromatic heterocycles. The molecule has 18 heavy (non-hydrogen) atoms. The van der Waals surface area contributed by atoms with Crippen LogP contribution in [-0.4, -0.2) is 10.1 Å². The fourth-order valence-corrected chi connectivity index (χ4v) is 3.78. The first-order chi connectivity index (χ1) is 8.74. The third kappa shape index (κ3) is 2.19. The fraction of sp³-hybridized carbons (Fsp3) is 0.214. The summed E-state index contributed by atoms with van der Waals surface area (Å²) in [6.45, 7) is 1.96. The molecule has 4 heteroatoms. The largest absolute Gasteiger partial charge is 0.387 e. The predicted molar refractivity (Wildman–Crippen MR) is 77.3 cm³/mol. The Kier molecular flexibility index (Phi) is 3.16. The maximum atomic E-state index is 10.2. The minimum atomic E-state index is -0.450. The Balaban J connectivity index is 1.88. The maximum absolute atomic E-state index is 10.2. The van der Waals surface area contributed by atoms with E-state index in [0.717, 1.165) is 9.88 Å². The van der Waals surface area contributed by atoms with Gasteiger partial charge in [0.15, 0.2) is 0 Å². The van der Waals surface area contributed by atoms with Crippen LogP contribution in [0.3, 0.4) is 0 Å². The SMILES string of the molecule is Cc1ncc(C(O)Cc2csc3ccccc23)s1. The van der Waals surface area contributed by atoms with Crippen LogP contribution in [-0.2, 0) is 6.42 Å². The molecule has 0 bridgehead atoms. The van der Waals surface area contributed by atoms with Gasteiger partial charge in [0.2, 0.25) is 0 Å². The number of rotatable bonds is 3. The molecule has 3 rings (SSSR count). The molecule has 0 aliphatic heterocycles. The van der Waals surface area contributed by atoms with E-state index in [2.05, 4.69) is 22.5 Å². The average Bonchev–Trinajstić information content (AvgIpc) is 2.97. The number of thiazole rings is 1. The highest BCUT2D eigenvalue weighted by molar-refractivity contribution is 7.17. The Bertz CT molecular complexity index is 671. The van der Waals surface area contributed by atoms with Gasteiger partial charge in [-0.25, -0.2) is 4.98 Å². The van der Waals surface area contributed by atoms with Crippen molar-refractivity contribution >= 4 is 32.8 Å². The van der Waals surface area contributed by atoms with Gasteiger partial charge in [-0.15, -0.1) is 22.7 Å². The lowest BCUT2D eigenvalue weighted by molar-refractivity contribution is 0.182. The number of aromatic nitrogens is 1. The zero-order chi connectivity index (χ0) is 12.5. The molecule has 0 radical (unpaired) electrons. The molecule has 0 saturated carbocycles. The van der Waals surface area contributed by atoms with E-state index >= 15 is 0 Å². The van der Waals surface area contributed by atoms with Gasteiger partial charge >= 0.3 is 0 Å². The van der Waals surface area contributed by atoms with Crippen molar-refractivity contribution in [3.05, 3.63) is 51.3 Å². The van der Waals surface area contributed by atoms with Crippen molar-refractivity contribution in [1.82, 2.24) is 4.98 Å². The Labute approximate surface area is 114 Å². The van der Waals surface area contributed by atoms with Crippen LogP contribution >= 0.6 is 22.7 Å². The summed E-state index contributed by atoms with van der Waals surface area (Å²) in [5, 5.41) is 14.6. The lowest BCUT2D eigenvalue weighted by Gasteiger charge is -2.06. The van der Waals surface area contributed by atoms with E-state index in [1.54, 1.807) is 28.9 Å². The van der Waals surface area contributed by atoms with E-state index in [4.69, 9.17) is 0 Å². The summed E-state index contributed by atoms with van der Waals surface area (Å²) in [5.41, 5.74) is 1.22. The molecule has 2 nitrogen and oxygen atoms in total. The van der Waals surface area contributed by atoms with Gasteiger partial charge in [0.1, 0.15) is 0 Å². The van der Waals surface area contributed by atoms with Crippen molar-refractivity contribution in [3.63, 3.8) is 0 Å². The Morgan fingerprint density at radius 3 is 2.94 bits per heavy atom.